The Morgan fingerprint density at radius 2 is 2.00 bits per heavy atom. The van der Waals surface area contributed by atoms with Gasteiger partial charge in [0, 0.05) is 22.8 Å². The summed E-state index contributed by atoms with van der Waals surface area (Å²) in [6, 6.07) is 13.2. The average Bonchev–Trinajstić information content (AvgIpc) is 3.06. The van der Waals surface area contributed by atoms with Crippen molar-refractivity contribution in [1.82, 2.24) is 0 Å². The summed E-state index contributed by atoms with van der Waals surface area (Å²) in [5.74, 6) is -1.42. The number of aromatic carboxylic acids is 1. The summed E-state index contributed by atoms with van der Waals surface area (Å²) in [6.45, 7) is 3.87. The van der Waals surface area contributed by atoms with E-state index in [-0.39, 0.29) is 29.2 Å². The van der Waals surface area contributed by atoms with Gasteiger partial charge in [-0.05, 0) is 49.2 Å². The van der Waals surface area contributed by atoms with Gasteiger partial charge in [-0.15, -0.1) is 11.3 Å². The molecule has 0 saturated heterocycles. The summed E-state index contributed by atoms with van der Waals surface area (Å²) < 4.78 is 19.6. The molecule has 1 aliphatic heterocycles. The van der Waals surface area contributed by atoms with Gasteiger partial charge in [0.05, 0.1) is 11.8 Å². The topological polar surface area (TPSA) is 75.6 Å². The zero-order valence-electron chi connectivity index (χ0n) is 16.4. The van der Waals surface area contributed by atoms with E-state index in [1.165, 1.54) is 18.2 Å². The summed E-state index contributed by atoms with van der Waals surface area (Å²) in [4.78, 5) is 25.3. The lowest BCUT2D eigenvalue weighted by Crippen LogP contribution is -2.22. The number of fused-ring (bicyclic) bond motifs is 1. The summed E-state index contributed by atoms with van der Waals surface area (Å²) in [6.07, 6.45) is 0.200. The summed E-state index contributed by atoms with van der Waals surface area (Å²) >= 11 is 1.12. The molecule has 1 aliphatic rings. The number of anilines is 1. The lowest BCUT2D eigenvalue weighted by Gasteiger charge is -2.24. The highest BCUT2D eigenvalue weighted by Crippen LogP contribution is 2.49. The first-order chi connectivity index (χ1) is 14.3. The third-order valence-electron chi connectivity index (χ3n) is 4.85. The number of hydrogen-bond donors (Lipinski definition) is 2. The number of carbonyl (C=O) groups excluding carboxylic acids is 1. The second-order valence-electron chi connectivity index (χ2n) is 7.40. The molecule has 1 aromatic heterocycles. The monoisotopic (exact) mass is 425 g/mol. The van der Waals surface area contributed by atoms with E-state index in [0.29, 0.717) is 22.6 Å². The van der Waals surface area contributed by atoms with Crippen molar-refractivity contribution >= 4 is 28.9 Å². The Kier molecular flexibility index (Phi) is 5.30. The summed E-state index contributed by atoms with van der Waals surface area (Å²) in [5.41, 5.74) is 2.07. The first-order valence-electron chi connectivity index (χ1n) is 9.56. The number of carbonyl (C=O) groups is 2. The molecule has 3 aromatic rings. The minimum atomic E-state index is -1.11. The number of benzene rings is 2. The molecule has 0 saturated carbocycles. The number of ether oxygens (including phenoxy) is 1. The van der Waals surface area contributed by atoms with Gasteiger partial charge in [-0.1, -0.05) is 24.3 Å². The van der Waals surface area contributed by atoms with Crippen molar-refractivity contribution in [3.05, 3.63) is 69.7 Å². The number of halogens is 1. The van der Waals surface area contributed by atoms with Crippen molar-refractivity contribution in [2.24, 2.45) is 0 Å². The molecule has 2 aromatic carbocycles. The van der Waals surface area contributed by atoms with E-state index in [4.69, 9.17) is 4.74 Å². The molecule has 1 atom stereocenters. The van der Waals surface area contributed by atoms with Gasteiger partial charge in [0.1, 0.15) is 16.4 Å². The van der Waals surface area contributed by atoms with Gasteiger partial charge < -0.3 is 15.2 Å². The zero-order valence-corrected chi connectivity index (χ0v) is 17.3. The fourth-order valence-corrected chi connectivity index (χ4v) is 4.95. The Bertz CT molecular complexity index is 1140. The number of nitrogens with one attached hydrogen (secondary N) is 1. The lowest BCUT2D eigenvalue weighted by molar-refractivity contribution is -0.116. The molecule has 5 nitrogen and oxygen atoms in total. The second kappa shape index (κ2) is 7.91. The van der Waals surface area contributed by atoms with Gasteiger partial charge in [-0.2, -0.15) is 0 Å². The molecule has 4 rings (SSSR count). The molecule has 1 amide bonds. The van der Waals surface area contributed by atoms with E-state index < -0.39 is 11.8 Å². The SMILES string of the molecule is CC(C)Oc1cccc([C@H]2CC(=O)Nc3c2sc(C(=O)O)c3-c2cccc(F)c2)c1. The Hall–Kier alpha value is -3.19. The van der Waals surface area contributed by atoms with Crippen LogP contribution in [0.25, 0.3) is 11.1 Å². The predicted octanol–water partition coefficient (Wildman–Crippen LogP) is 5.51. The van der Waals surface area contributed by atoms with Crippen LogP contribution in [0.4, 0.5) is 10.1 Å². The Morgan fingerprint density at radius 1 is 1.23 bits per heavy atom. The van der Waals surface area contributed by atoms with Crippen LogP contribution >= 0.6 is 11.3 Å². The van der Waals surface area contributed by atoms with Gasteiger partial charge in [0.2, 0.25) is 5.91 Å². The van der Waals surface area contributed by atoms with Gasteiger partial charge in [-0.25, -0.2) is 9.18 Å². The standard InChI is InChI=1S/C23H20FNO4S/c1-12(2)29-16-8-4-5-13(10-16)17-11-18(26)25-20-19(14-6-3-7-15(24)9-14)22(23(27)28)30-21(17)20/h3-10,12,17H,11H2,1-2H3,(H,25,26)(H,27,28)/t17-/m1/s1. The van der Waals surface area contributed by atoms with Crippen LogP contribution < -0.4 is 10.1 Å². The van der Waals surface area contributed by atoms with Crippen LogP contribution in [-0.2, 0) is 4.79 Å². The minimum Gasteiger partial charge on any atom is -0.491 e. The summed E-state index contributed by atoms with van der Waals surface area (Å²) in [5, 5.41) is 12.6. The quantitative estimate of drug-likeness (QED) is 0.565. The van der Waals surface area contributed by atoms with E-state index in [0.717, 1.165) is 21.8 Å². The Morgan fingerprint density at radius 3 is 2.70 bits per heavy atom. The molecule has 2 heterocycles. The van der Waals surface area contributed by atoms with Crippen molar-refractivity contribution in [1.29, 1.82) is 0 Å². The van der Waals surface area contributed by atoms with Crippen molar-refractivity contribution in [2.45, 2.75) is 32.3 Å². The number of hydrogen-bond acceptors (Lipinski definition) is 4. The molecule has 154 valence electrons. The van der Waals surface area contributed by atoms with Crippen LogP contribution in [0.1, 0.15) is 46.3 Å². The largest absolute Gasteiger partial charge is 0.491 e. The zero-order chi connectivity index (χ0) is 21.4. The van der Waals surface area contributed by atoms with Gasteiger partial charge in [0.15, 0.2) is 0 Å². The van der Waals surface area contributed by atoms with Crippen LogP contribution in [0.3, 0.4) is 0 Å². The fourth-order valence-electron chi connectivity index (χ4n) is 3.70. The van der Waals surface area contributed by atoms with E-state index in [1.54, 1.807) is 6.07 Å². The van der Waals surface area contributed by atoms with Crippen molar-refractivity contribution in [3.63, 3.8) is 0 Å². The minimum absolute atomic E-state index is 0.00500. The molecule has 0 spiro atoms. The first kappa shape index (κ1) is 20.1. The highest BCUT2D eigenvalue weighted by Gasteiger charge is 2.34. The van der Waals surface area contributed by atoms with Crippen LogP contribution in [0.2, 0.25) is 0 Å². The van der Waals surface area contributed by atoms with Crippen LogP contribution in [0.15, 0.2) is 48.5 Å². The molecular formula is C23H20FNO4S. The molecule has 0 unspecified atom stereocenters. The Labute approximate surface area is 177 Å². The van der Waals surface area contributed by atoms with Crippen LogP contribution in [-0.4, -0.2) is 23.1 Å². The van der Waals surface area contributed by atoms with E-state index in [2.05, 4.69) is 5.32 Å². The predicted molar refractivity (Wildman–Crippen MR) is 114 cm³/mol. The second-order valence-corrected chi connectivity index (χ2v) is 8.46. The van der Waals surface area contributed by atoms with Gasteiger partial charge in [-0.3, -0.25) is 4.79 Å². The molecule has 30 heavy (non-hydrogen) atoms. The maximum Gasteiger partial charge on any atom is 0.346 e. The normalized spacial score (nSPS) is 15.6. The molecule has 7 heteroatoms. The first-order valence-corrected chi connectivity index (χ1v) is 10.4. The summed E-state index contributed by atoms with van der Waals surface area (Å²) in [7, 11) is 0. The molecule has 0 bridgehead atoms. The third-order valence-corrected chi connectivity index (χ3v) is 6.14. The van der Waals surface area contributed by atoms with Gasteiger partial charge in [0.25, 0.3) is 0 Å². The van der Waals surface area contributed by atoms with E-state index in [9.17, 15) is 19.1 Å². The molecule has 0 aliphatic carbocycles. The van der Waals surface area contributed by atoms with Crippen molar-refractivity contribution in [3.8, 4) is 16.9 Å². The van der Waals surface area contributed by atoms with E-state index >= 15 is 0 Å². The van der Waals surface area contributed by atoms with Gasteiger partial charge >= 0.3 is 5.97 Å². The lowest BCUT2D eigenvalue weighted by atomic mass is 9.88. The number of rotatable bonds is 5. The van der Waals surface area contributed by atoms with Crippen LogP contribution in [0.5, 0.6) is 5.75 Å². The fraction of sp³-hybridized carbons (Fsp3) is 0.217. The van der Waals surface area contributed by atoms with Crippen molar-refractivity contribution in [2.75, 3.05) is 5.32 Å². The molecular weight excluding hydrogens is 405 g/mol. The number of amides is 1. The molecule has 2 N–H and O–H groups in total. The maximum absolute atomic E-state index is 13.8. The van der Waals surface area contributed by atoms with Crippen LogP contribution in [0, 0.1) is 5.82 Å². The highest BCUT2D eigenvalue weighted by molar-refractivity contribution is 7.15. The van der Waals surface area contributed by atoms with Crippen molar-refractivity contribution < 1.29 is 23.8 Å². The molecule has 0 fully saturated rings. The Balaban J connectivity index is 1.87. The number of thiophene rings is 1. The maximum atomic E-state index is 13.8. The van der Waals surface area contributed by atoms with E-state index in [1.807, 2.05) is 38.1 Å². The number of carboxylic acid groups (broad SMARTS) is 1. The number of carboxylic acids is 1. The molecule has 0 radical (unpaired) electrons. The average molecular weight is 425 g/mol. The third kappa shape index (κ3) is 3.80. The smallest absolute Gasteiger partial charge is 0.346 e. The highest BCUT2D eigenvalue weighted by atomic mass is 32.1.